The summed E-state index contributed by atoms with van der Waals surface area (Å²) in [6.45, 7) is 2.83. The molecule has 18 heavy (non-hydrogen) atoms. The smallest absolute Gasteiger partial charge is 0.0973 e. The number of hydrogen-bond acceptors (Lipinski definition) is 2. The van der Waals surface area contributed by atoms with Gasteiger partial charge in [-0.25, -0.2) is 0 Å². The van der Waals surface area contributed by atoms with E-state index in [9.17, 15) is 0 Å². The van der Waals surface area contributed by atoms with Gasteiger partial charge in [0, 0.05) is 5.92 Å². The minimum Gasteiger partial charge on any atom is -0.387 e. The molecule has 1 aliphatic rings. The Hall–Kier alpha value is -0.770. The van der Waals surface area contributed by atoms with Gasteiger partial charge in [0.1, 0.15) is 0 Å². The van der Waals surface area contributed by atoms with Gasteiger partial charge in [0.25, 0.3) is 0 Å². The molecule has 0 unspecified atom stereocenters. The summed E-state index contributed by atoms with van der Waals surface area (Å²) in [4.78, 5) is 4.48. The minimum absolute atomic E-state index is 0. The molecule has 1 aliphatic heterocycles. The van der Waals surface area contributed by atoms with Gasteiger partial charge < -0.3 is 11.1 Å². The van der Waals surface area contributed by atoms with E-state index in [1.165, 1.54) is 5.56 Å². The first-order valence-corrected chi connectivity index (χ1v) is 5.91. The molecule has 0 aliphatic carbocycles. The number of nitrogens with zero attached hydrogens (tertiary/aromatic N) is 1. The van der Waals surface area contributed by atoms with E-state index >= 15 is 0 Å². The molecule has 1 saturated heterocycles. The maximum atomic E-state index is 6.02. The molecule has 3 N–H and O–H groups in total. The zero-order chi connectivity index (χ0) is 11.2. The van der Waals surface area contributed by atoms with Crippen LogP contribution in [0.3, 0.4) is 0 Å². The van der Waals surface area contributed by atoms with E-state index < -0.39 is 0 Å². The first-order chi connectivity index (χ1) is 7.86. The Labute approximate surface area is 121 Å². The van der Waals surface area contributed by atoms with E-state index in [0.717, 1.165) is 31.8 Å². The molecule has 0 atom stereocenters. The zero-order valence-electron chi connectivity index (χ0n) is 10.3. The molecule has 0 amide bonds. The lowest BCUT2D eigenvalue weighted by atomic mass is 9.97. The molecule has 2 rings (SSSR count). The maximum absolute atomic E-state index is 6.02. The normalized spacial score (nSPS) is 16.6. The van der Waals surface area contributed by atoms with Gasteiger partial charge in [-0.05, 0) is 31.5 Å². The van der Waals surface area contributed by atoms with Crippen LogP contribution in [0.1, 0.15) is 18.4 Å². The first kappa shape index (κ1) is 17.2. The summed E-state index contributed by atoms with van der Waals surface area (Å²) >= 11 is 0. The monoisotopic (exact) mass is 289 g/mol. The van der Waals surface area contributed by atoms with Crippen LogP contribution in [-0.2, 0) is 6.54 Å². The highest BCUT2D eigenvalue weighted by Crippen LogP contribution is 2.12. The SMILES string of the molecule is Cl.Cl.NC(=NCc1ccccc1)C1CCNCC1. The van der Waals surface area contributed by atoms with Crippen molar-refractivity contribution >= 4 is 30.6 Å². The Bertz CT molecular complexity index is 349. The molecule has 0 spiro atoms. The van der Waals surface area contributed by atoms with Crippen molar-refractivity contribution in [2.24, 2.45) is 16.6 Å². The summed E-state index contributed by atoms with van der Waals surface area (Å²) in [5.74, 6) is 1.30. The van der Waals surface area contributed by atoms with Crippen molar-refractivity contribution in [1.29, 1.82) is 0 Å². The molecule has 1 aromatic carbocycles. The van der Waals surface area contributed by atoms with Crippen molar-refractivity contribution in [2.75, 3.05) is 13.1 Å². The van der Waals surface area contributed by atoms with Crippen LogP contribution in [0.2, 0.25) is 0 Å². The predicted molar refractivity (Wildman–Crippen MR) is 81.9 cm³/mol. The van der Waals surface area contributed by atoms with Crippen LogP contribution < -0.4 is 11.1 Å². The summed E-state index contributed by atoms with van der Waals surface area (Å²) in [7, 11) is 0. The average molecular weight is 290 g/mol. The largest absolute Gasteiger partial charge is 0.387 e. The van der Waals surface area contributed by atoms with Crippen molar-refractivity contribution < 1.29 is 0 Å². The lowest BCUT2D eigenvalue weighted by Crippen LogP contribution is -2.35. The quantitative estimate of drug-likeness (QED) is 0.663. The van der Waals surface area contributed by atoms with E-state index in [4.69, 9.17) is 5.73 Å². The first-order valence-electron chi connectivity index (χ1n) is 5.91. The van der Waals surface area contributed by atoms with Crippen LogP contribution in [0.5, 0.6) is 0 Å². The Morgan fingerprint density at radius 3 is 2.39 bits per heavy atom. The topological polar surface area (TPSA) is 50.4 Å². The van der Waals surface area contributed by atoms with Crippen LogP contribution >= 0.6 is 24.8 Å². The molecule has 5 heteroatoms. The van der Waals surface area contributed by atoms with Crippen molar-refractivity contribution in [2.45, 2.75) is 19.4 Å². The lowest BCUT2D eigenvalue weighted by Gasteiger charge is -2.21. The van der Waals surface area contributed by atoms with Gasteiger partial charge >= 0.3 is 0 Å². The zero-order valence-corrected chi connectivity index (χ0v) is 12.0. The second kappa shape index (κ2) is 9.20. The standard InChI is InChI=1S/C13H19N3.2ClH/c14-13(12-6-8-15-9-7-12)16-10-11-4-2-1-3-5-11;;/h1-5,12,15H,6-10H2,(H2,14,16);2*1H. The van der Waals surface area contributed by atoms with Gasteiger partial charge in [0.05, 0.1) is 12.4 Å². The number of rotatable bonds is 3. The lowest BCUT2D eigenvalue weighted by molar-refractivity contribution is 0.453. The van der Waals surface area contributed by atoms with Crippen molar-refractivity contribution in [1.82, 2.24) is 5.32 Å². The maximum Gasteiger partial charge on any atom is 0.0973 e. The van der Waals surface area contributed by atoms with Crippen LogP contribution in [0.4, 0.5) is 0 Å². The fourth-order valence-corrected chi connectivity index (χ4v) is 2.01. The fraction of sp³-hybridized carbons (Fsp3) is 0.462. The Morgan fingerprint density at radius 1 is 1.17 bits per heavy atom. The highest BCUT2D eigenvalue weighted by molar-refractivity contribution is 5.85. The van der Waals surface area contributed by atoms with Gasteiger partial charge in [0.15, 0.2) is 0 Å². The Kier molecular flexibility index (Phi) is 8.81. The third kappa shape index (κ3) is 5.25. The Balaban J connectivity index is 0.00000144. The van der Waals surface area contributed by atoms with Crippen LogP contribution in [0.15, 0.2) is 35.3 Å². The van der Waals surface area contributed by atoms with E-state index in [-0.39, 0.29) is 24.8 Å². The highest BCUT2D eigenvalue weighted by atomic mass is 35.5. The number of aliphatic imine (C=N–C) groups is 1. The van der Waals surface area contributed by atoms with E-state index in [0.29, 0.717) is 12.5 Å². The van der Waals surface area contributed by atoms with Gasteiger partial charge in [-0.15, -0.1) is 24.8 Å². The number of benzene rings is 1. The van der Waals surface area contributed by atoms with Crippen molar-refractivity contribution in [3.63, 3.8) is 0 Å². The van der Waals surface area contributed by atoms with Crippen LogP contribution in [0, 0.1) is 5.92 Å². The fourth-order valence-electron chi connectivity index (χ4n) is 2.01. The number of halogens is 2. The van der Waals surface area contributed by atoms with Gasteiger partial charge in [-0.2, -0.15) is 0 Å². The molecule has 0 bridgehead atoms. The van der Waals surface area contributed by atoms with E-state index in [2.05, 4.69) is 22.4 Å². The summed E-state index contributed by atoms with van der Waals surface area (Å²) < 4.78 is 0. The second-order valence-electron chi connectivity index (χ2n) is 4.25. The van der Waals surface area contributed by atoms with Crippen molar-refractivity contribution in [3.05, 3.63) is 35.9 Å². The number of piperidine rings is 1. The number of nitrogens with one attached hydrogen (secondary N) is 1. The number of hydrogen-bond donors (Lipinski definition) is 2. The molecule has 0 radical (unpaired) electrons. The third-order valence-corrected chi connectivity index (χ3v) is 3.04. The summed E-state index contributed by atoms with van der Waals surface area (Å²) in [5.41, 5.74) is 7.24. The molecular formula is C13H21Cl2N3. The molecule has 3 nitrogen and oxygen atoms in total. The molecule has 1 aromatic rings. The minimum atomic E-state index is 0. The molecule has 102 valence electrons. The van der Waals surface area contributed by atoms with Crippen LogP contribution in [-0.4, -0.2) is 18.9 Å². The van der Waals surface area contributed by atoms with E-state index in [1.54, 1.807) is 0 Å². The number of nitrogens with two attached hydrogens (primary N) is 1. The molecule has 0 saturated carbocycles. The van der Waals surface area contributed by atoms with Crippen molar-refractivity contribution in [3.8, 4) is 0 Å². The average Bonchev–Trinajstić information content (AvgIpc) is 2.38. The molecule has 1 heterocycles. The van der Waals surface area contributed by atoms with Gasteiger partial charge in [-0.3, -0.25) is 4.99 Å². The Morgan fingerprint density at radius 2 is 1.78 bits per heavy atom. The number of amidine groups is 1. The molecule has 0 aromatic heterocycles. The van der Waals surface area contributed by atoms with E-state index in [1.807, 2.05) is 18.2 Å². The summed E-state index contributed by atoms with van der Waals surface area (Å²) in [6, 6.07) is 10.2. The van der Waals surface area contributed by atoms with Gasteiger partial charge in [-0.1, -0.05) is 30.3 Å². The van der Waals surface area contributed by atoms with Gasteiger partial charge in [0.2, 0.25) is 0 Å². The summed E-state index contributed by atoms with van der Waals surface area (Å²) in [5, 5.41) is 3.33. The third-order valence-electron chi connectivity index (χ3n) is 3.04. The molecular weight excluding hydrogens is 269 g/mol. The predicted octanol–water partition coefficient (Wildman–Crippen LogP) is 2.39. The summed E-state index contributed by atoms with van der Waals surface area (Å²) in [6.07, 6.45) is 2.23. The van der Waals surface area contributed by atoms with Crippen LogP contribution in [0.25, 0.3) is 0 Å². The highest BCUT2D eigenvalue weighted by Gasteiger charge is 2.15. The molecule has 1 fully saturated rings. The second-order valence-corrected chi connectivity index (χ2v) is 4.25.